The monoisotopic (exact) mass is 320 g/mol. The molecule has 0 aliphatic carbocycles. The fraction of sp³-hybridized carbons (Fsp3) is 0.400. The van der Waals surface area contributed by atoms with E-state index in [-0.39, 0.29) is 18.7 Å². The molecule has 3 N–H and O–H groups in total. The van der Waals surface area contributed by atoms with Gasteiger partial charge in [-0.05, 0) is 18.9 Å². The lowest BCUT2D eigenvalue weighted by atomic mass is 10.1. The third-order valence-corrected chi connectivity index (χ3v) is 4.05. The van der Waals surface area contributed by atoms with Crippen LogP contribution >= 0.6 is 11.3 Å². The molecule has 0 aliphatic heterocycles. The zero-order valence-electron chi connectivity index (χ0n) is 12.7. The highest BCUT2D eigenvalue weighted by Crippen LogP contribution is 2.18. The van der Waals surface area contributed by atoms with Gasteiger partial charge in [-0.2, -0.15) is 0 Å². The Labute approximate surface area is 133 Å². The number of carbonyl (C=O) groups excluding carboxylic acids is 1. The Kier molecular flexibility index (Phi) is 5.85. The summed E-state index contributed by atoms with van der Waals surface area (Å²) in [5, 5.41) is 23.7. The van der Waals surface area contributed by atoms with Crippen LogP contribution in [0.5, 0.6) is 0 Å². The van der Waals surface area contributed by atoms with E-state index in [0.29, 0.717) is 18.0 Å². The third kappa shape index (κ3) is 4.78. The molecule has 0 bridgehead atoms. The van der Waals surface area contributed by atoms with E-state index in [9.17, 15) is 4.79 Å². The predicted octanol–water partition coefficient (Wildman–Crippen LogP) is 2.33. The topological polar surface area (TPSA) is 87.1 Å². The van der Waals surface area contributed by atoms with Crippen LogP contribution in [0.2, 0.25) is 0 Å². The molecule has 0 aliphatic rings. The number of carbonyl (C=O) groups is 1. The second-order valence-corrected chi connectivity index (χ2v) is 6.11. The number of nitrogens with one attached hydrogen (secondary N) is 2. The molecule has 2 aromatic rings. The van der Waals surface area contributed by atoms with Crippen molar-refractivity contribution in [1.82, 2.24) is 15.5 Å². The molecule has 1 heterocycles. The first-order valence-corrected chi connectivity index (χ1v) is 7.98. The van der Waals surface area contributed by atoms with Gasteiger partial charge in [0.05, 0.1) is 12.6 Å². The summed E-state index contributed by atoms with van der Waals surface area (Å²) in [6.07, 6.45) is 1.36. The average molecular weight is 320 g/mol. The summed E-state index contributed by atoms with van der Waals surface area (Å²) in [6, 6.07) is 7.61. The minimum absolute atomic E-state index is 0.0846. The average Bonchev–Trinajstić information content (AvgIpc) is 2.94. The molecule has 6 nitrogen and oxygen atoms in total. The van der Waals surface area contributed by atoms with Gasteiger partial charge in [-0.25, -0.2) is 4.79 Å². The zero-order valence-corrected chi connectivity index (χ0v) is 13.5. The third-order valence-electron chi connectivity index (χ3n) is 3.21. The second-order valence-electron chi connectivity index (χ2n) is 5.05. The number of benzene rings is 1. The molecule has 0 spiro atoms. The summed E-state index contributed by atoms with van der Waals surface area (Å²) < 4.78 is 0. The maximum atomic E-state index is 11.8. The number of aromatic nitrogens is 2. The summed E-state index contributed by atoms with van der Waals surface area (Å²) in [5.74, 6) is 0. The SMILES string of the molecule is CCC(CO)NC(=O)Nc1nnc(Cc2ccc(C)cc2)s1. The number of aliphatic hydroxyl groups is 1. The molecule has 1 atom stereocenters. The van der Waals surface area contributed by atoms with Crippen LogP contribution in [0.1, 0.15) is 29.5 Å². The molecule has 1 aromatic heterocycles. The van der Waals surface area contributed by atoms with Crippen LogP contribution in [0.15, 0.2) is 24.3 Å². The van der Waals surface area contributed by atoms with Crippen molar-refractivity contribution in [2.45, 2.75) is 32.7 Å². The Balaban J connectivity index is 1.91. The van der Waals surface area contributed by atoms with Gasteiger partial charge in [-0.3, -0.25) is 5.32 Å². The lowest BCUT2D eigenvalue weighted by Crippen LogP contribution is -2.39. The van der Waals surface area contributed by atoms with Gasteiger partial charge in [-0.15, -0.1) is 10.2 Å². The number of amides is 2. The van der Waals surface area contributed by atoms with E-state index < -0.39 is 0 Å². The van der Waals surface area contributed by atoms with Crippen molar-refractivity contribution < 1.29 is 9.90 Å². The molecule has 0 saturated carbocycles. The van der Waals surface area contributed by atoms with E-state index in [1.807, 2.05) is 13.8 Å². The largest absolute Gasteiger partial charge is 0.394 e. The van der Waals surface area contributed by atoms with Crippen molar-refractivity contribution in [3.63, 3.8) is 0 Å². The zero-order chi connectivity index (χ0) is 15.9. The Bertz CT molecular complexity index is 608. The van der Waals surface area contributed by atoms with Crippen LogP contribution < -0.4 is 10.6 Å². The number of aliphatic hydroxyl groups excluding tert-OH is 1. The number of hydrogen-bond acceptors (Lipinski definition) is 5. The number of anilines is 1. The van der Waals surface area contributed by atoms with Gasteiger partial charge in [0.15, 0.2) is 0 Å². The normalized spacial score (nSPS) is 12.0. The van der Waals surface area contributed by atoms with Crippen LogP contribution in [-0.4, -0.2) is 34.0 Å². The predicted molar refractivity (Wildman–Crippen MR) is 87.2 cm³/mol. The number of aryl methyl sites for hydroxylation is 1. The van der Waals surface area contributed by atoms with Gasteiger partial charge in [0.2, 0.25) is 5.13 Å². The number of urea groups is 1. The van der Waals surface area contributed by atoms with E-state index >= 15 is 0 Å². The molecule has 118 valence electrons. The van der Waals surface area contributed by atoms with Gasteiger partial charge < -0.3 is 10.4 Å². The minimum Gasteiger partial charge on any atom is -0.394 e. The maximum Gasteiger partial charge on any atom is 0.321 e. The first-order chi connectivity index (χ1) is 10.6. The Morgan fingerprint density at radius 2 is 2.05 bits per heavy atom. The van der Waals surface area contributed by atoms with Crippen molar-refractivity contribution in [3.05, 3.63) is 40.4 Å². The molecule has 0 fully saturated rings. The van der Waals surface area contributed by atoms with Crippen molar-refractivity contribution in [3.8, 4) is 0 Å². The highest BCUT2D eigenvalue weighted by atomic mass is 32.1. The molecule has 2 amide bonds. The van der Waals surface area contributed by atoms with Crippen LogP contribution in [0.4, 0.5) is 9.93 Å². The number of rotatable bonds is 6. The minimum atomic E-state index is -0.376. The summed E-state index contributed by atoms with van der Waals surface area (Å²) in [5.41, 5.74) is 2.37. The molecule has 0 radical (unpaired) electrons. The van der Waals surface area contributed by atoms with Crippen molar-refractivity contribution in [1.29, 1.82) is 0 Å². The first-order valence-electron chi connectivity index (χ1n) is 7.17. The van der Waals surface area contributed by atoms with Gasteiger partial charge in [0.1, 0.15) is 5.01 Å². The Morgan fingerprint density at radius 1 is 1.32 bits per heavy atom. The van der Waals surface area contributed by atoms with Crippen molar-refractivity contribution >= 4 is 22.5 Å². The van der Waals surface area contributed by atoms with E-state index in [0.717, 1.165) is 10.6 Å². The van der Waals surface area contributed by atoms with Gasteiger partial charge in [0, 0.05) is 6.42 Å². The fourth-order valence-corrected chi connectivity index (χ4v) is 2.62. The Hall–Kier alpha value is -1.99. The van der Waals surface area contributed by atoms with Crippen LogP contribution in [0.3, 0.4) is 0 Å². The molecule has 7 heteroatoms. The van der Waals surface area contributed by atoms with Crippen molar-refractivity contribution in [2.24, 2.45) is 0 Å². The summed E-state index contributed by atoms with van der Waals surface area (Å²) >= 11 is 1.35. The number of nitrogens with zero attached hydrogens (tertiary/aromatic N) is 2. The Morgan fingerprint density at radius 3 is 2.68 bits per heavy atom. The van der Waals surface area contributed by atoms with Crippen LogP contribution in [0, 0.1) is 6.92 Å². The molecule has 22 heavy (non-hydrogen) atoms. The summed E-state index contributed by atoms with van der Waals surface area (Å²) in [6.45, 7) is 3.86. The van der Waals surface area contributed by atoms with E-state index in [4.69, 9.17) is 5.11 Å². The van der Waals surface area contributed by atoms with Gasteiger partial charge in [-0.1, -0.05) is 48.1 Å². The molecule has 2 rings (SSSR count). The summed E-state index contributed by atoms with van der Waals surface area (Å²) in [7, 11) is 0. The molecule has 1 unspecified atom stereocenters. The van der Waals surface area contributed by atoms with Gasteiger partial charge >= 0.3 is 6.03 Å². The van der Waals surface area contributed by atoms with E-state index in [2.05, 4.69) is 45.1 Å². The van der Waals surface area contributed by atoms with Crippen molar-refractivity contribution in [2.75, 3.05) is 11.9 Å². The quantitative estimate of drug-likeness (QED) is 0.762. The lowest BCUT2D eigenvalue weighted by molar-refractivity contribution is 0.222. The smallest absolute Gasteiger partial charge is 0.321 e. The molecular weight excluding hydrogens is 300 g/mol. The standard InChI is InChI=1S/C15H20N4O2S/c1-3-12(9-20)16-14(21)17-15-19-18-13(22-15)8-11-6-4-10(2)5-7-11/h4-7,12,20H,3,8-9H2,1-2H3,(H2,16,17,19,21). The summed E-state index contributed by atoms with van der Waals surface area (Å²) in [4.78, 5) is 11.8. The van der Waals surface area contributed by atoms with E-state index in [1.54, 1.807) is 0 Å². The highest BCUT2D eigenvalue weighted by molar-refractivity contribution is 7.15. The van der Waals surface area contributed by atoms with Gasteiger partial charge in [0.25, 0.3) is 0 Å². The van der Waals surface area contributed by atoms with Crippen LogP contribution in [0.25, 0.3) is 0 Å². The first kappa shape index (κ1) is 16.4. The maximum absolute atomic E-state index is 11.8. The fourth-order valence-electron chi connectivity index (χ4n) is 1.85. The van der Waals surface area contributed by atoms with Crippen LogP contribution in [-0.2, 0) is 6.42 Å². The molecule has 0 saturated heterocycles. The second kappa shape index (κ2) is 7.86. The molecular formula is C15H20N4O2S. The highest BCUT2D eigenvalue weighted by Gasteiger charge is 2.12. The number of hydrogen-bond donors (Lipinski definition) is 3. The molecule has 1 aromatic carbocycles. The van der Waals surface area contributed by atoms with E-state index in [1.165, 1.54) is 16.9 Å². The lowest BCUT2D eigenvalue weighted by Gasteiger charge is -2.13.